The molecule has 1 N–H and O–H groups in total. The zero-order valence-electron chi connectivity index (χ0n) is 10.9. The van der Waals surface area contributed by atoms with Gasteiger partial charge in [-0.3, -0.25) is 0 Å². The number of ether oxygens (including phenoxy) is 1. The summed E-state index contributed by atoms with van der Waals surface area (Å²) in [6, 6.07) is 6.65. The van der Waals surface area contributed by atoms with Crippen LogP contribution in [0.4, 0.5) is 24.8 Å². The molecule has 0 atom stereocenters. The highest BCUT2D eigenvalue weighted by atomic mass is 35.5. The highest BCUT2D eigenvalue weighted by Crippen LogP contribution is 2.35. The Morgan fingerprint density at radius 2 is 2.10 bits per heavy atom. The Morgan fingerprint density at radius 1 is 1.33 bits per heavy atom. The van der Waals surface area contributed by atoms with Crippen molar-refractivity contribution in [3.05, 3.63) is 41.0 Å². The van der Waals surface area contributed by atoms with Crippen molar-refractivity contribution in [3.8, 4) is 5.88 Å². The molecule has 0 spiro atoms. The third-order valence-electron chi connectivity index (χ3n) is 2.42. The molecule has 0 aliphatic carbocycles. The van der Waals surface area contributed by atoms with Gasteiger partial charge < -0.3 is 10.1 Å². The van der Waals surface area contributed by atoms with Crippen LogP contribution in [-0.2, 0) is 6.18 Å². The molecule has 0 bridgehead atoms. The predicted molar refractivity (Wildman–Crippen MR) is 72.9 cm³/mol. The van der Waals surface area contributed by atoms with Crippen LogP contribution in [0.5, 0.6) is 5.88 Å². The minimum absolute atomic E-state index is 0.00582. The molecule has 21 heavy (non-hydrogen) atoms. The SMILES string of the molecule is CCOc1nc(Nc2cccc(Cl)c2)ncc1C(F)(F)F. The lowest BCUT2D eigenvalue weighted by Crippen LogP contribution is -2.12. The number of hydrogen-bond donors (Lipinski definition) is 1. The van der Waals surface area contributed by atoms with Crippen LogP contribution in [0.1, 0.15) is 12.5 Å². The minimum atomic E-state index is -4.57. The second-order valence-corrected chi connectivity index (χ2v) is 4.41. The molecule has 112 valence electrons. The molecule has 1 heterocycles. The third kappa shape index (κ3) is 3.98. The van der Waals surface area contributed by atoms with Gasteiger partial charge in [0.2, 0.25) is 11.8 Å². The highest BCUT2D eigenvalue weighted by Gasteiger charge is 2.36. The second kappa shape index (κ2) is 6.17. The van der Waals surface area contributed by atoms with E-state index in [1.54, 1.807) is 31.2 Å². The first-order valence-corrected chi connectivity index (χ1v) is 6.37. The molecule has 8 heteroatoms. The number of nitrogens with one attached hydrogen (secondary N) is 1. The van der Waals surface area contributed by atoms with Crippen LogP contribution < -0.4 is 10.1 Å². The molecule has 0 saturated carbocycles. The van der Waals surface area contributed by atoms with Gasteiger partial charge in [0.1, 0.15) is 5.56 Å². The number of rotatable bonds is 4. The van der Waals surface area contributed by atoms with E-state index in [4.69, 9.17) is 16.3 Å². The van der Waals surface area contributed by atoms with E-state index in [0.29, 0.717) is 16.9 Å². The molecule has 0 unspecified atom stereocenters. The number of alkyl halides is 3. The Labute approximate surface area is 123 Å². The summed E-state index contributed by atoms with van der Waals surface area (Å²) in [5.41, 5.74) is -0.453. The van der Waals surface area contributed by atoms with Gasteiger partial charge in [0.15, 0.2) is 0 Å². The van der Waals surface area contributed by atoms with Gasteiger partial charge in [-0.2, -0.15) is 18.2 Å². The minimum Gasteiger partial charge on any atom is -0.477 e. The van der Waals surface area contributed by atoms with Crippen molar-refractivity contribution in [1.82, 2.24) is 9.97 Å². The summed E-state index contributed by atoms with van der Waals surface area (Å²) in [6.07, 6.45) is -3.88. The summed E-state index contributed by atoms with van der Waals surface area (Å²) in [5.74, 6) is -0.516. The van der Waals surface area contributed by atoms with Crippen molar-refractivity contribution in [2.45, 2.75) is 13.1 Å². The molecule has 0 radical (unpaired) electrons. The third-order valence-corrected chi connectivity index (χ3v) is 2.66. The Balaban J connectivity index is 2.31. The summed E-state index contributed by atoms with van der Waals surface area (Å²) in [7, 11) is 0. The van der Waals surface area contributed by atoms with E-state index in [2.05, 4.69) is 15.3 Å². The maximum absolute atomic E-state index is 12.8. The molecule has 2 rings (SSSR count). The summed E-state index contributed by atoms with van der Waals surface area (Å²) >= 11 is 5.82. The Morgan fingerprint density at radius 3 is 2.71 bits per heavy atom. The largest absolute Gasteiger partial charge is 0.477 e. The summed E-state index contributed by atoms with van der Waals surface area (Å²) in [6.45, 7) is 1.64. The van der Waals surface area contributed by atoms with E-state index in [1.807, 2.05) is 0 Å². The van der Waals surface area contributed by atoms with Gasteiger partial charge in [-0.15, -0.1) is 0 Å². The zero-order valence-corrected chi connectivity index (χ0v) is 11.7. The van der Waals surface area contributed by atoms with Crippen LogP contribution in [0, 0.1) is 0 Å². The molecular formula is C13H11ClF3N3O. The van der Waals surface area contributed by atoms with E-state index in [1.165, 1.54) is 0 Å². The fourth-order valence-corrected chi connectivity index (χ4v) is 1.75. The van der Waals surface area contributed by atoms with E-state index in [-0.39, 0.29) is 12.6 Å². The maximum Gasteiger partial charge on any atom is 0.423 e. The lowest BCUT2D eigenvalue weighted by molar-refractivity contribution is -0.139. The fourth-order valence-electron chi connectivity index (χ4n) is 1.56. The number of benzene rings is 1. The van der Waals surface area contributed by atoms with E-state index in [9.17, 15) is 13.2 Å². The van der Waals surface area contributed by atoms with Gasteiger partial charge in [-0.1, -0.05) is 17.7 Å². The van der Waals surface area contributed by atoms with Crippen molar-refractivity contribution < 1.29 is 17.9 Å². The van der Waals surface area contributed by atoms with Crippen LogP contribution in [0.15, 0.2) is 30.5 Å². The summed E-state index contributed by atoms with van der Waals surface area (Å²) in [5, 5.41) is 3.25. The maximum atomic E-state index is 12.8. The Bertz CT molecular complexity index is 634. The number of anilines is 2. The van der Waals surface area contributed by atoms with Gasteiger partial charge in [-0.25, -0.2) is 4.98 Å². The molecule has 0 amide bonds. The highest BCUT2D eigenvalue weighted by molar-refractivity contribution is 6.30. The molecule has 2 aromatic rings. The number of nitrogens with zero attached hydrogens (tertiary/aromatic N) is 2. The number of aromatic nitrogens is 2. The van der Waals surface area contributed by atoms with Gasteiger partial charge in [0.25, 0.3) is 0 Å². The zero-order chi connectivity index (χ0) is 15.5. The van der Waals surface area contributed by atoms with Crippen molar-refractivity contribution >= 4 is 23.2 Å². The van der Waals surface area contributed by atoms with Crippen molar-refractivity contribution in [2.24, 2.45) is 0 Å². The number of hydrogen-bond acceptors (Lipinski definition) is 4. The molecule has 1 aromatic carbocycles. The van der Waals surface area contributed by atoms with Gasteiger partial charge in [0.05, 0.1) is 6.61 Å². The van der Waals surface area contributed by atoms with Crippen molar-refractivity contribution in [3.63, 3.8) is 0 Å². The average molecular weight is 318 g/mol. The molecule has 0 aliphatic heterocycles. The van der Waals surface area contributed by atoms with Gasteiger partial charge in [0, 0.05) is 16.9 Å². The number of halogens is 4. The van der Waals surface area contributed by atoms with Crippen LogP contribution in [0.2, 0.25) is 5.02 Å². The standard InChI is InChI=1S/C13H11ClF3N3O/c1-2-21-11-10(13(15,16)17)7-18-12(20-11)19-9-5-3-4-8(14)6-9/h3-7H,2H2,1H3,(H,18,19,20). The summed E-state index contributed by atoms with van der Waals surface area (Å²) < 4.78 is 43.3. The molecule has 0 aliphatic rings. The molecule has 4 nitrogen and oxygen atoms in total. The van der Waals surface area contributed by atoms with Crippen molar-refractivity contribution in [2.75, 3.05) is 11.9 Å². The first-order valence-electron chi connectivity index (χ1n) is 5.99. The van der Waals surface area contributed by atoms with Gasteiger partial charge in [-0.05, 0) is 25.1 Å². The van der Waals surface area contributed by atoms with Gasteiger partial charge >= 0.3 is 6.18 Å². The van der Waals surface area contributed by atoms with Crippen molar-refractivity contribution in [1.29, 1.82) is 0 Å². The fraction of sp³-hybridized carbons (Fsp3) is 0.231. The smallest absolute Gasteiger partial charge is 0.423 e. The molecule has 1 aromatic heterocycles. The van der Waals surface area contributed by atoms with Crippen LogP contribution in [0.3, 0.4) is 0 Å². The second-order valence-electron chi connectivity index (χ2n) is 3.98. The first kappa shape index (κ1) is 15.4. The Kier molecular flexibility index (Phi) is 4.52. The van der Waals surface area contributed by atoms with Crippen LogP contribution >= 0.6 is 11.6 Å². The van der Waals surface area contributed by atoms with E-state index >= 15 is 0 Å². The topological polar surface area (TPSA) is 47.0 Å². The lowest BCUT2D eigenvalue weighted by atomic mass is 10.3. The normalized spacial score (nSPS) is 11.3. The van der Waals surface area contributed by atoms with Crippen LogP contribution in [-0.4, -0.2) is 16.6 Å². The van der Waals surface area contributed by atoms with Crippen LogP contribution in [0.25, 0.3) is 0 Å². The molecular weight excluding hydrogens is 307 g/mol. The summed E-state index contributed by atoms with van der Waals surface area (Å²) in [4.78, 5) is 7.39. The van der Waals surface area contributed by atoms with E-state index < -0.39 is 17.6 Å². The monoisotopic (exact) mass is 317 g/mol. The van der Waals surface area contributed by atoms with E-state index in [0.717, 1.165) is 0 Å². The molecule has 0 fully saturated rings. The molecule has 0 saturated heterocycles. The quantitative estimate of drug-likeness (QED) is 0.913. The average Bonchev–Trinajstić information content (AvgIpc) is 2.38. The predicted octanol–water partition coefficient (Wildman–Crippen LogP) is 4.29. The lowest BCUT2D eigenvalue weighted by Gasteiger charge is -2.13. The Hall–Kier alpha value is -2.02. The first-order chi connectivity index (χ1) is 9.90.